The predicted octanol–water partition coefficient (Wildman–Crippen LogP) is 3.11. The van der Waals surface area contributed by atoms with Gasteiger partial charge in [0.2, 0.25) is 17.6 Å². The fourth-order valence-corrected chi connectivity index (χ4v) is 6.71. The van der Waals surface area contributed by atoms with E-state index in [0.717, 1.165) is 16.2 Å². The van der Waals surface area contributed by atoms with Crippen molar-refractivity contribution in [1.82, 2.24) is 10.2 Å². The number of carboxylic acids is 1. The molecule has 0 aliphatic carbocycles. The highest BCUT2D eigenvalue weighted by molar-refractivity contribution is 7.20. The second-order valence-corrected chi connectivity index (χ2v) is 13.6. The number of thiophene rings is 1. The molecule has 1 aromatic heterocycles. The third-order valence-electron chi connectivity index (χ3n) is 8.50. The highest BCUT2D eigenvalue weighted by Gasteiger charge is 2.32. The van der Waals surface area contributed by atoms with Crippen molar-refractivity contribution in [3.63, 3.8) is 0 Å². The van der Waals surface area contributed by atoms with E-state index < -0.39 is 77.9 Å². The Hall–Kier alpha value is -5.53. The minimum Gasteiger partial charge on any atom is -0.496 e. The number of halogens is 2. The van der Waals surface area contributed by atoms with Crippen LogP contribution in [0.1, 0.15) is 70.2 Å². The third kappa shape index (κ3) is 10.8. The summed E-state index contributed by atoms with van der Waals surface area (Å²) in [5.41, 5.74) is 5.31. The summed E-state index contributed by atoms with van der Waals surface area (Å²) in [7, 11) is 2.48. The van der Waals surface area contributed by atoms with Crippen molar-refractivity contribution >= 4 is 62.5 Å². The first kappa shape index (κ1) is 43.2. The van der Waals surface area contributed by atoms with Gasteiger partial charge in [0.1, 0.15) is 17.7 Å². The zero-order valence-electron chi connectivity index (χ0n) is 30.8. The first-order valence-electron chi connectivity index (χ1n) is 17.3. The molecular formula is C37H41F2N3O13S. The number of methoxy groups -OCH3 is 2. The number of nitrogens with zero attached hydrogens (tertiary/aromatic N) is 1. The summed E-state index contributed by atoms with van der Waals surface area (Å²) in [4.78, 5) is 86.6. The number of ether oxygens (including phenoxy) is 5. The van der Waals surface area contributed by atoms with Gasteiger partial charge in [-0.25, -0.2) is 13.6 Å². The number of aliphatic carboxylic acids is 1. The van der Waals surface area contributed by atoms with Crippen LogP contribution in [0.4, 0.5) is 8.78 Å². The molecule has 0 unspecified atom stereocenters. The van der Waals surface area contributed by atoms with Crippen LogP contribution in [0.3, 0.4) is 0 Å². The van der Waals surface area contributed by atoms with Gasteiger partial charge in [-0.1, -0.05) is 0 Å². The molecular weight excluding hydrogens is 764 g/mol. The van der Waals surface area contributed by atoms with Crippen molar-refractivity contribution in [2.45, 2.75) is 58.2 Å². The van der Waals surface area contributed by atoms with Crippen LogP contribution >= 0.6 is 11.3 Å². The molecule has 0 bridgehead atoms. The molecule has 4 N–H and O–H groups in total. The maximum atomic E-state index is 15.9. The number of rotatable bonds is 22. The van der Waals surface area contributed by atoms with Crippen molar-refractivity contribution in [2.75, 3.05) is 47.1 Å². The SMILES string of the molecule is COc1cc2c(c(F)c1OCCC(=O)c1c(OC)cc3sc(C(=O)CCC(=O)O[C@@H](C)CNC(=O)CCOCCN)cc3c1F)CN(C(=O)CC(=O)C(=O)O)C2. The number of nitrogens with two attached hydrogens (primary N) is 1. The van der Waals surface area contributed by atoms with E-state index in [2.05, 4.69) is 5.32 Å². The van der Waals surface area contributed by atoms with Crippen LogP contribution in [0.15, 0.2) is 18.2 Å². The zero-order chi connectivity index (χ0) is 41.1. The van der Waals surface area contributed by atoms with E-state index in [1.54, 1.807) is 6.92 Å². The number of nitrogens with one attached hydrogen (secondary N) is 1. The van der Waals surface area contributed by atoms with Crippen molar-refractivity contribution in [1.29, 1.82) is 0 Å². The van der Waals surface area contributed by atoms with Crippen LogP contribution in [0.5, 0.6) is 17.2 Å². The molecule has 1 aliphatic rings. The lowest BCUT2D eigenvalue weighted by atomic mass is 10.0. The van der Waals surface area contributed by atoms with Crippen molar-refractivity contribution in [3.05, 3.63) is 51.4 Å². The molecule has 4 rings (SSSR count). The summed E-state index contributed by atoms with van der Waals surface area (Å²) in [6.45, 7) is 1.72. The Balaban J connectivity index is 1.36. The lowest BCUT2D eigenvalue weighted by Gasteiger charge is -2.15. The molecule has 56 heavy (non-hydrogen) atoms. The number of hydrogen-bond donors (Lipinski definition) is 3. The van der Waals surface area contributed by atoms with E-state index in [4.69, 9.17) is 34.5 Å². The molecule has 0 spiro atoms. The Kier molecular flexibility index (Phi) is 15.3. The van der Waals surface area contributed by atoms with Gasteiger partial charge in [-0.05, 0) is 30.7 Å². The molecule has 19 heteroatoms. The largest absolute Gasteiger partial charge is 0.496 e. The number of carbonyl (C=O) groups is 7. The van der Waals surface area contributed by atoms with Crippen LogP contribution in [0.2, 0.25) is 0 Å². The average Bonchev–Trinajstić information content (AvgIpc) is 3.81. The number of esters is 1. The molecule has 0 fully saturated rings. The van der Waals surface area contributed by atoms with E-state index in [1.165, 1.54) is 32.4 Å². The van der Waals surface area contributed by atoms with Gasteiger partial charge < -0.3 is 44.7 Å². The quantitative estimate of drug-likeness (QED) is 0.0436. The number of hydrogen-bond acceptors (Lipinski definition) is 14. The molecule has 16 nitrogen and oxygen atoms in total. The van der Waals surface area contributed by atoms with Crippen LogP contribution in [0, 0.1) is 11.6 Å². The second kappa shape index (κ2) is 19.9. The van der Waals surface area contributed by atoms with Gasteiger partial charge in [-0.3, -0.25) is 28.8 Å². The smallest absolute Gasteiger partial charge is 0.372 e. The highest BCUT2D eigenvalue weighted by Crippen LogP contribution is 2.40. The van der Waals surface area contributed by atoms with Crippen molar-refractivity contribution in [3.8, 4) is 17.2 Å². The number of benzene rings is 2. The minimum absolute atomic E-state index is 0.0284. The molecule has 302 valence electrons. The minimum atomic E-state index is -1.76. The number of Topliss-reactive ketones (excluding diaryl/α,β-unsaturated/α-hetero) is 3. The van der Waals surface area contributed by atoms with Gasteiger partial charge in [0.05, 0.1) is 63.9 Å². The highest BCUT2D eigenvalue weighted by atomic mass is 32.1. The standard InChI is InChI=1S/C37H41F2N3O13S/c1-19(16-41-30(46)7-9-53-11-8-40)55-32(48)5-4-23(43)29-13-21-28(56-29)15-26(51-2)33(34(21)38)24(44)6-10-54-36-27(52-3)12-20-17-42(18-22(20)35(36)39)31(47)14-25(45)37(49)50/h12-13,15,19H,4-11,14,16-18,40H2,1-3H3,(H,41,46)(H,49,50)/t19-/m0/s1. The van der Waals surface area contributed by atoms with Gasteiger partial charge in [0, 0.05) is 54.5 Å². The van der Waals surface area contributed by atoms with Gasteiger partial charge in [-0.15, -0.1) is 11.3 Å². The van der Waals surface area contributed by atoms with E-state index in [1.807, 2.05) is 0 Å². The Morgan fingerprint density at radius 3 is 2.32 bits per heavy atom. The Labute approximate surface area is 323 Å². The van der Waals surface area contributed by atoms with Gasteiger partial charge >= 0.3 is 11.9 Å². The summed E-state index contributed by atoms with van der Waals surface area (Å²) >= 11 is 0.947. The maximum absolute atomic E-state index is 15.9. The first-order valence-corrected chi connectivity index (χ1v) is 18.2. The van der Waals surface area contributed by atoms with Crippen LogP contribution in [-0.2, 0) is 46.5 Å². The zero-order valence-corrected chi connectivity index (χ0v) is 31.6. The molecule has 2 aromatic carbocycles. The van der Waals surface area contributed by atoms with E-state index in [-0.39, 0.29) is 84.5 Å². The number of carboxylic acid groups (broad SMARTS) is 1. The topological polar surface area (TPSA) is 227 Å². The molecule has 3 aromatic rings. The van der Waals surface area contributed by atoms with Crippen molar-refractivity contribution in [2.24, 2.45) is 5.73 Å². The normalized spacial score (nSPS) is 12.5. The molecule has 1 aliphatic heterocycles. The summed E-state index contributed by atoms with van der Waals surface area (Å²) < 4.78 is 58.4. The monoisotopic (exact) mass is 805 g/mol. The summed E-state index contributed by atoms with van der Waals surface area (Å²) in [6, 6.07) is 4.11. The molecule has 1 atom stereocenters. The molecule has 0 saturated carbocycles. The lowest BCUT2D eigenvalue weighted by Crippen LogP contribution is -2.33. The van der Waals surface area contributed by atoms with E-state index in [9.17, 15) is 33.6 Å². The molecule has 2 heterocycles. The predicted molar refractivity (Wildman–Crippen MR) is 194 cm³/mol. The van der Waals surface area contributed by atoms with Gasteiger partial charge in [-0.2, -0.15) is 0 Å². The fourth-order valence-electron chi connectivity index (χ4n) is 5.66. The Morgan fingerprint density at radius 2 is 1.64 bits per heavy atom. The van der Waals surface area contributed by atoms with Crippen LogP contribution < -0.4 is 25.3 Å². The third-order valence-corrected chi connectivity index (χ3v) is 9.62. The van der Waals surface area contributed by atoms with Gasteiger partial charge in [0.25, 0.3) is 0 Å². The molecule has 2 amide bonds. The first-order chi connectivity index (χ1) is 26.7. The van der Waals surface area contributed by atoms with Crippen molar-refractivity contribution < 1.29 is 71.1 Å². The molecule has 0 radical (unpaired) electrons. The van der Waals surface area contributed by atoms with E-state index in [0.29, 0.717) is 23.4 Å². The number of carbonyl (C=O) groups excluding carboxylic acids is 6. The number of ketones is 3. The lowest BCUT2D eigenvalue weighted by molar-refractivity contribution is -0.151. The summed E-state index contributed by atoms with van der Waals surface area (Å²) in [6.07, 6.45) is -2.39. The summed E-state index contributed by atoms with van der Waals surface area (Å²) in [5.74, 6) is -8.43. The fraction of sp³-hybridized carbons (Fsp3) is 0.432. The van der Waals surface area contributed by atoms with Crippen LogP contribution in [-0.4, -0.2) is 104 Å². The van der Waals surface area contributed by atoms with Crippen LogP contribution in [0.25, 0.3) is 10.1 Å². The molecule has 0 saturated heterocycles. The number of amides is 2. The number of fused-ring (bicyclic) bond motifs is 2. The average molecular weight is 806 g/mol. The van der Waals surface area contributed by atoms with Gasteiger partial charge in [0.15, 0.2) is 28.9 Å². The second-order valence-electron chi connectivity index (χ2n) is 12.5. The Bertz CT molecular complexity index is 2020. The maximum Gasteiger partial charge on any atom is 0.372 e. The Morgan fingerprint density at radius 1 is 0.911 bits per heavy atom. The van der Waals surface area contributed by atoms with E-state index >= 15 is 8.78 Å². The summed E-state index contributed by atoms with van der Waals surface area (Å²) in [5, 5.41) is 11.4.